The number of thiazole rings is 1. The first kappa shape index (κ1) is 13.3. The average Bonchev–Trinajstić information content (AvgIpc) is 2.81. The zero-order valence-corrected chi connectivity index (χ0v) is 12.0. The third-order valence-corrected chi connectivity index (χ3v) is 3.73. The maximum absolute atomic E-state index is 6.29. The number of hydrogen-bond acceptors (Lipinski definition) is 4. The van der Waals surface area contributed by atoms with E-state index < -0.39 is 0 Å². The van der Waals surface area contributed by atoms with Crippen LogP contribution in [0.1, 0.15) is 24.2 Å². The Kier molecular flexibility index (Phi) is 4.22. The van der Waals surface area contributed by atoms with E-state index in [-0.39, 0.29) is 6.04 Å². The number of rotatable bonds is 4. The zero-order valence-electron chi connectivity index (χ0n) is 10.4. The van der Waals surface area contributed by atoms with Gasteiger partial charge in [-0.1, -0.05) is 17.7 Å². The summed E-state index contributed by atoms with van der Waals surface area (Å²) in [6.45, 7) is 2.70. The fourth-order valence-corrected chi connectivity index (χ4v) is 2.64. The summed E-state index contributed by atoms with van der Waals surface area (Å²) in [5, 5.41) is 2.77. The van der Waals surface area contributed by atoms with E-state index >= 15 is 0 Å². The molecule has 0 aliphatic heterocycles. The molecule has 18 heavy (non-hydrogen) atoms. The van der Waals surface area contributed by atoms with Crippen molar-refractivity contribution in [2.75, 3.05) is 11.9 Å². The van der Waals surface area contributed by atoms with E-state index in [2.05, 4.69) is 9.88 Å². The first-order valence-electron chi connectivity index (χ1n) is 5.71. The molecule has 0 spiro atoms. The largest absolute Gasteiger partial charge is 0.367 e. The van der Waals surface area contributed by atoms with Crippen LogP contribution in [0.15, 0.2) is 29.1 Å². The van der Waals surface area contributed by atoms with Crippen molar-refractivity contribution >= 4 is 28.6 Å². The molecule has 0 amide bonds. The maximum atomic E-state index is 6.29. The number of nitrogens with zero attached hydrogens (tertiary/aromatic N) is 2. The van der Waals surface area contributed by atoms with E-state index in [0.29, 0.717) is 0 Å². The minimum absolute atomic E-state index is 0.000367. The Morgan fingerprint density at radius 3 is 2.83 bits per heavy atom. The van der Waals surface area contributed by atoms with Crippen molar-refractivity contribution < 1.29 is 0 Å². The lowest BCUT2D eigenvalue weighted by atomic mass is 10.1. The summed E-state index contributed by atoms with van der Waals surface area (Å²) in [6.07, 6.45) is 0. The number of anilines is 1. The van der Waals surface area contributed by atoms with E-state index in [1.807, 2.05) is 43.1 Å². The van der Waals surface area contributed by atoms with Crippen molar-refractivity contribution in [3.05, 3.63) is 45.4 Å². The average molecular weight is 282 g/mol. The Morgan fingerprint density at radius 1 is 1.50 bits per heavy atom. The van der Waals surface area contributed by atoms with Gasteiger partial charge >= 0.3 is 0 Å². The first-order valence-corrected chi connectivity index (χ1v) is 7.03. The lowest BCUT2D eigenvalue weighted by Crippen LogP contribution is -2.17. The van der Waals surface area contributed by atoms with Crippen LogP contribution in [0.4, 0.5) is 5.69 Å². The van der Waals surface area contributed by atoms with Crippen LogP contribution in [0.2, 0.25) is 5.02 Å². The Morgan fingerprint density at radius 2 is 2.28 bits per heavy atom. The molecule has 0 saturated heterocycles. The Labute approximate surface area is 116 Å². The van der Waals surface area contributed by atoms with Crippen molar-refractivity contribution in [1.29, 1.82) is 0 Å². The van der Waals surface area contributed by atoms with Crippen LogP contribution in [-0.2, 0) is 6.54 Å². The number of nitrogens with two attached hydrogens (primary N) is 1. The van der Waals surface area contributed by atoms with Crippen LogP contribution in [0, 0.1) is 0 Å². The highest BCUT2D eigenvalue weighted by Gasteiger charge is 2.09. The molecule has 3 nitrogen and oxygen atoms in total. The second-order valence-corrected chi connectivity index (χ2v) is 5.46. The van der Waals surface area contributed by atoms with Crippen molar-refractivity contribution in [3.8, 4) is 0 Å². The van der Waals surface area contributed by atoms with Crippen molar-refractivity contribution in [2.45, 2.75) is 19.5 Å². The molecule has 0 aliphatic rings. The molecular formula is C13H16ClN3S. The highest BCUT2D eigenvalue weighted by molar-refractivity contribution is 7.07. The minimum atomic E-state index is 0.000367. The molecule has 2 rings (SSSR count). The Balaban J connectivity index is 2.17. The maximum Gasteiger partial charge on any atom is 0.0795 e. The summed E-state index contributed by atoms with van der Waals surface area (Å²) >= 11 is 7.89. The fraction of sp³-hybridized carbons (Fsp3) is 0.308. The summed E-state index contributed by atoms with van der Waals surface area (Å²) in [5.74, 6) is 0. The molecule has 0 radical (unpaired) electrons. The monoisotopic (exact) mass is 281 g/mol. The minimum Gasteiger partial charge on any atom is -0.367 e. The molecule has 0 fully saturated rings. The molecule has 96 valence electrons. The summed E-state index contributed by atoms with van der Waals surface area (Å²) < 4.78 is 0. The number of benzene rings is 1. The lowest BCUT2D eigenvalue weighted by molar-refractivity contribution is 0.816. The molecular weight excluding hydrogens is 266 g/mol. The van der Waals surface area contributed by atoms with E-state index in [0.717, 1.165) is 28.5 Å². The van der Waals surface area contributed by atoms with Crippen molar-refractivity contribution in [2.24, 2.45) is 5.73 Å². The highest BCUT2D eigenvalue weighted by atomic mass is 35.5. The van der Waals surface area contributed by atoms with Gasteiger partial charge in [0.15, 0.2) is 0 Å². The third kappa shape index (κ3) is 3.02. The standard InChI is InChI=1S/C13H16ClN3S/c1-9(15)10-3-4-13(12(14)5-10)17(2)6-11-7-18-8-16-11/h3-5,7-9H,6,15H2,1-2H3/t9-/m0/s1. The third-order valence-electron chi connectivity index (χ3n) is 2.79. The van der Waals surface area contributed by atoms with Crippen LogP contribution >= 0.6 is 22.9 Å². The van der Waals surface area contributed by atoms with E-state index in [1.54, 1.807) is 11.3 Å². The van der Waals surface area contributed by atoms with Gasteiger partial charge in [0.1, 0.15) is 0 Å². The predicted molar refractivity (Wildman–Crippen MR) is 78.3 cm³/mol. The lowest BCUT2D eigenvalue weighted by Gasteiger charge is -2.20. The number of halogens is 1. The number of aromatic nitrogens is 1. The van der Waals surface area contributed by atoms with Gasteiger partial charge in [-0.25, -0.2) is 4.98 Å². The number of hydrogen-bond donors (Lipinski definition) is 1. The summed E-state index contributed by atoms with van der Waals surface area (Å²) in [7, 11) is 2.01. The normalized spacial score (nSPS) is 12.4. The van der Waals surface area contributed by atoms with Crippen LogP contribution in [0.3, 0.4) is 0 Å². The quantitative estimate of drug-likeness (QED) is 0.933. The first-order chi connectivity index (χ1) is 8.58. The van der Waals surface area contributed by atoms with Crippen LogP contribution in [0.25, 0.3) is 0 Å². The van der Waals surface area contributed by atoms with Gasteiger partial charge in [-0.15, -0.1) is 11.3 Å². The predicted octanol–water partition coefficient (Wildman–Crippen LogP) is 3.45. The summed E-state index contributed by atoms with van der Waals surface area (Å²) in [4.78, 5) is 6.36. The topological polar surface area (TPSA) is 42.1 Å². The van der Waals surface area contributed by atoms with Crippen molar-refractivity contribution in [1.82, 2.24) is 4.98 Å². The van der Waals surface area contributed by atoms with E-state index in [9.17, 15) is 0 Å². The van der Waals surface area contributed by atoms with Gasteiger partial charge in [-0.2, -0.15) is 0 Å². The fourth-order valence-electron chi connectivity index (χ4n) is 1.76. The SMILES string of the molecule is C[C@H](N)c1ccc(N(C)Cc2cscn2)c(Cl)c1. The van der Waals surface area contributed by atoms with Gasteiger partial charge in [0.25, 0.3) is 0 Å². The molecule has 0 saturated carbocycles. The summed E-state index contributed by atoms with van der Waals surface area (Å²) in [6, 6.07) is 5.95. The second kappa shape index (κ2) is 5.69. The van der Waals surface area contributed by atoms with Crippen LogP contribution in [0.5, 0.6) is 0 Å². The molecule has 2 N–H and O–H groups in total. The highest BCUT2D eigenvalue weighted by Crippen LogP contribution is 2.28. The van der Waals surface area contributed by atoms with Crippen molar-refractivity contribution in [3.63, 3.8) is 0 Å². The Hall–Kier alpha value is -1.10. The summed E-state index contributed by atoms with van der Waals surface area (Å²) in [5.41, 5.74) is 10.8. The molecule has 0 unspecified atom stereocenters. The Bertz CT molecular complexity index is 511. The van der Waals surface area contributed by atoms with Gasteiger partial charge in [-0.3, -0.25) is 0 Å². The molecule has 0 bridgehead atoms. The molecule has 2 aromatic rings. The van der Waals surface area contributed by atoms with Crippen LogP contribution < -0.4 is 10.6 Å². The van der Waals surface area contributed by atoms with E-state index in [4.69, 9.17) is 17.3 Å². The molecule has 5 heteroatoms. The van der Waals surface area contributed by atoms with Gasteiger partial charge in [0.05, 0.1) is 28.5 Å². The molecule has 0 aliphatic carbocycles. The smallest absolute Gasteiger partial charge is 0.0795 e. The van der Waals surface area contributed by atoms with E-state index in [1.165, 1.54) is 0 Å². The van der Waals surface area contributed by atoms with Gasteiger partial charge in [0, 0.05) is 18.5 Å². The zero-order chi connectivity index (χ0) is 13.1. The van der Waals surface area contributed by atoms with Gasteiger partial charge in [-0.05, 0) is 24.6 Å². The molecule has 1 heterocycles. The van der Waals surface area contributed by atoms with Gasteiger partial charge < -0.3 is 10.6 Å². The van der Waals surface area contributed by atoms with Gasteiger partial charge in [0.2, 0.25) is 0 Å². The molecule has 1 aromatic heterocycles. The van der Waals surface area contributed by atoms with Crippen LogP contribution in [-0.4, -0.2) is 12.0 Å². The molecule has 1 atom stereocenters. The molecule has 1 aromatic carbocycles. The second-order valence-electron chi connectivity index (χ2n) is 4.34.